The normalized spacial score (nSPS) is 17.3. The Labute approximate surface area is 159 Å². The number of benzene rings is 1. The Balaban J connectivity index is 1.53. The van der Waals surface area contributed by atoms with Crippen molar-refractivity contribution in [3.05, 3.63) is 54.7 Å². The predicted octanol–water partition coefficient (Wildman–Crippen LogP) is 4.04. The van der Waals surface area contributed by atoms with Crippen LogP contribution >= 0.6 is 0 Å². The van der Waals surface area contributed by atoms with Crippen LogP contribution in [0.25, 0.3) is 11.3 Å². The molecule has 0 amide bonds. The molecule has 1 saturated heterocycles. The highest BCUT2D eigenvalue weighted by atomic mass is 16.5. The summed E-state index contributed by atoms with van der Waals surface area (Å²) < 4.78 is 5.86. The number of H-pyrrole nitrogens is 1. The third-order valence-corrected chi connectivity index (χ3v) is 4.78. The van der Waals surface area contributed by atoms with Gasteiger partial charge in [-0.1, -0.05) is 30.3 Å². The number of aromatic nitrogens is 4. The first-order valence-electron chi connectivity index (χ1n) is 9.53. The summed E-state index contributed by atoms with van der Waals surface area (Å²) in [5.74, 6) is 2.81. The summed E-state index contributed by atoms with van der Waals surface area (Å²) >= 11 is 0. The molecule has 140 valence electrons. The van der Waals surface area contributed by atoms with E-state index in [1.807, 2.05) is 38.2 Å². The Kier molecular flexibility index (Phi) is 5.05. The van der Waals surface area contributed by atoms with E-state index in [9.17, 15) is 0 Å². The first-order valence-corrected chi connectivity index (χ1v) is 9.53. The molecule has 4 rings (SSSR count). The Morgan fingerprint density at radius 3 is 2.74 bits per heavy atom. The Hall–Kier alpha value is -2.89. The van der Waals surface area contributed by atoms with Crippen LogP contribution in [0.5, 0.6) is 5.88 Å². The summed E-state index contributed by atoms with van der Waals surface area (Å²) in [5, 5.41) is 0. The van der Waals surface area contributed by atoms with E-state index in [-0.39, 0.29) is 6.10 Å². The second-order valence-electron chi connectivity index (χ2n) is 7.19. The molecular formula is C21H25N5O. The fourth-order valence-electron chi connectivity index (χ4n) is 3.54. The van der Waals surface area contributed by atoms with Crippen molar-refractivity contribution in [2.75, 3.05) is 18.0 Å². The number of ether oxygens (including phenoxy) is 1. The van der Waals surface area contributed by atoms with E-state index < -0.39 is 0 Å². The van der Waals surface area contributed by atoms with Gasteiger partial charge < -0.3 is 14.6 Å². The van der Waals surface area contributed by atoms with Gasteiger partial charge in [0.15, 0.2) is 5.82 Å². The number of imidazole rings is 1. The van der Waals surface area contributed by atoms with Crippen molar-refractivity contribution in [1.82, 2.24) is 19.9 Å². The van der Waals surface area contributed by atoms with Crippen molar-refractivity contribution in [1.29, 1.82) is 0 Å². The van der Waals surface area contributed by atoms with Crippen LogP contribution < -0.4 is 9.64 Å². The molecule has 6 heteroatoms. The molecule has 6 nitrogen and oxygen atoms in total. The van der Waals surface area contributed by atoms with Crippen molar-refractivity contribution < 1.29 is 4.74 Å². The molecule has 3 heterocycles. The van der Waals surface area contributed by atoms with E-state index >= 15 is 0 Å². The summed E-state index contributed by atoms with van der Waals surface area (Å²) in [7, 11) is 0. The highest BCUT2D eigenvalue weighted by Crippen LogP contribution is 2.32. The summed E-state index contributed by atoms with van der Waals surface area (Å²) in [4.78, 5) is 19.4. The number of anilines is 1. The first kappa shape index (κ1) is 17.5. The maximum absolute atomic E-state index is 5.86. The molecule has 1 aromatic carbocycles. The minimum absolute atomic E-state index is 0.0690. The smallest absolute Gasteiger partial charge is 0.257 e. The molecule has 1 aliphatic heterocycles. The Morgan fingerprint density at radius 1 is 1.11 bits per heavy atom. The fraction of sp³-hybridized carbons (Fsp3) is 0.381. The number of aromatic amines is 1. The molecular weight excluding hydrogens is 338 g/mol. The largest absolute Gasteiger partial charge is 0.472 e. The van der Waals surface area contributed by atoms with E-state index in [1.165, 1.54) is 0 Å². The highest BCUT2D eigenvalue weighted by Gasteiger charge is 2.27. The van der Waals surface area contributed by atoms with Crippen LogP contribution in [0.2, 0.25) is 0 Å². The molecule has 2 aromatic heterocycles. The maximum Gasteiger partial charge on any atom is 0.257 e. The average Bonchev–Trinajstić information content (AvgIpc) is 3.19. The van der Waals surface area contributed by atoms with Gasteiger partial charge in [-0.3, -0.25) is 0 Å². The first-order chi connectivity index (χ1) is 13.2. The van der Waals surface area contributed by atoms with Gasteiger partial charge in [0.1, 0.15) is 5.82 Å². The fourth-order valence-corrected chi connectivity index (χ4v) is 3.54. The molecule has 1 N–H and O–H groups in total. The van der Waals surface area contributed by atoms with Crippen LogP contribution in [0.1, 0.15) is 38.4 Å². The topological polar surface area (TPSA) is 66.9 Å². The molecule has 3 aromatic rings. The number of nitrogens with one attached hydrogen (secondary N) is 1. The maximum atomic E-state index is 5.86. The van der Waals surface area contributed by atoms with E-state index in [0.29, 0.717) is 11.8 Å². The zero-order valence-electron chi connectivity index (χ0n) is 15.8. The van der Waals surface area contributed by atoms with Crippen molar-refractivity contribution in [2.24, 2.45) is 0 Å². The van der Waals surface area contributed by atoms with E-state index in [0.717, 1.165) is 48.8 Å². The highest BCUT2D eigenvalue weighted by molar-refractivity contribution is 5.58. The standard InChI is InChI=1S/C21H25N5O/c1-15(2)27-21-20(22-10-11-23-21)26-12-6-9-17(14-26)19-24-13-18(25-19)16-7-4-3-5-8-16/h3-5,7-8,10-11,13,15,17H,6,9,12,14H2,1-2H3,(H,24,25). The van der Waals surface area contributed by atoms with Crippen LogP contribution in [-0.4, -0.2) is 39.1 Å². The van der Waals surface area contributed by atoms with Crippen molar-refractivity contribution in [3.63, 3.8) is 0 Å². The number of hydrogen-bond acceptors (Lipinski definition) is 5. The second-order valence-corrected chi connectivity index (χ2v) is 7.19. The molecule has 0 aliphatic carbocycles. The SMILES string of the molecule is CC(C)Oc1nccnc1N1CCCC(c2ncc(-c3ccccc3)[nH]2)C1. The third-order valence-electron chi connectivity index (χ3n) is 4.78. The molecule has 1 atom stereocenters. The van der Waals surface area contributed by atoms with Gasteiger partial charge in [0.2, 0.25) is 0 Å². The summed E-state index contributed by atoms with van der Waals surface area (Å²) in [6, 6.07) is 10.3. The molecule has 1 unspecified atom stereocenters. The minimum atomic E-state index is 0.0690. The number of hydrogen-bond donors (Lipinski definition) is 1. The zero-order chi connectivity index (χ0) is 18.6. The van der Waals surface area contributed by atoms with E-state index in [4.69, 9.17) is 4.74 Å². The lowest BCUT2D eigenvalue weighted by Gasteiger charge is -2.33. The Bertz CT molecular complexity index is 877. The van der Waals surface area contributed by atoms with Gasteiger partial charge in [0, 0.05) is 31.4 Å². The monoisotopic (exact) mass is 363 g/mol. The minimum Gasteiger partial charge on any atom is -0.472 e. The van der Waals surface area contributed by atoms with Crippen molar-refractivity contribution >= 4 is 5.82 Å². The molecule has 0 saturated carbocycles. The lowest BCUT2D eigenvalue weighted by Crippen LogP contribution is -2.36. The van der Waals surface area contributed by atoms with Crippen LogP contribution in [0, 0.1) is 0 Å². The van der Waals surface area contributed by atoms with Gasteiger partial charge in [0.25, 0.3) is 5.88 Å². The molecule has 0 radical (unpaired) electrons. The number of piperidine rings is 1. The number of rotatable bonds is 5. The molecule has 27 heavy (non-hydrogen) atoms. The van der Waals surface area contributed by atoms with Gasteiger partial charge in [-0.05, 0) is 32.3 Å². The van der Waals surface area contributed by atoms with Crippen molar-refractivity contribution in [3.8, 4) is 17.1 Å². The summed E-state index contributed by atoms with van der Waals surface area (Å²) in [6.07, 6.45) is 7.61. The third kappa shape index (κ3) is 3.94. The van der Waals surface area contributed by atoms with Gasteiger partial charge in [-0.15, -0.1) is 0 Å². The van der Waals surface area contributed by atoms with E-state index in [2.05, 4.69) is 37.0 Å². The lowest BCUT2D eigenvalue weighted by molar-refractivity contribution is 0.231. The van der Waals surface area contributed by atoms with Crippen LogP contribution in [0.15, 0.2) is 48.9 Å². The molecule has 1 aliphatic rings. The quantitative estimate of drug-likeness (QED) is 0.741. The van der Waals surface area contributed by atoms with Crippen LogP contribution in [0.4, 0.5) is 5.82 Å². The lowest BCUT2D eigenvalue weighted by atomic mass is 9.97. The zero-order valence-corrected chi connectivity index (χ0v) is 15.8. The van der Waals surface area contributed by atoms with Gasteiger partial charge in [-0.2, -0.15) is 0 Å². The predicted molar refractivity (Wildman–Crippen MR) is 106 cm³/mol. The van der Waals surface area contributed by atoms with E-state index in [1.54, 1.807) is 12.4 Å². The van der Waals surface area contributed by atoms with Crippen LogP contribution in [-0.2, 0) is 0 Å². The van der Waals surface area contributed by atoms with Gasteiger partial charge in [-0.25, -0.2) is 15.0 Å². The van der Waals surface area contributed by atoms with Gasteiger partial charge in [0.05, 0.1) is 18.0 Å². The summed E-state index contributed by atoms with van der Waals surface area (Å²) in [6.45, 7) is 5.82. The average molecular weight is 363 g/mol. The summed E-state index contributed by atoms with van der Waals surface area (Å²) in [5.41, 5.74) is 2.22. The molecule has 0 bridgehead atoms. The van der Waals surface area contributed by atoms with Gasteiger partial charge >= 0.3 is 0 Å². The Morgan fingerprint density at radius 2 is 1.93 bits per heavy atom. The molecule has 1 fully saturated rings. The van der Waals surface area contributed by atoms with Crippen LogP contribution in [0.3, 0.4) is 0 Å². The number of nitrogens with zero attached hydrogens (tertiary/aromatic N) is 4. The van der Waals surface area contributed by atoms with Crippen molar-refractivity contribution in [2.45, 2.75) is 38.7 Å². The second kappa shape index (κ2) is 7.78. The molecule has 0 spiro atoms.